The number of aliphatic hydroxyl groups is 1. The third-order valence-corrected chi connectivity index (χ3v) is 5.40. The summed E-state index contributed by atoms with van der Waals surface area (Å²) in [6.07, 6.45) is 2.77. The average molecular weight is 418 g/mol. The van der Waals surface area contributed by atoms with Gasteiger partial charge in [0.2, 0.25) is 0 Å². The van der Waals surface area contributed by atoms with Crippen molar-refractivity contribution in [3.05, 3.63) is 107 Å². The van der Waals surface area contributed by atoms with E-state index < -0.39 is 11.5 Å². The van der Waals surface area contributed by atoms with Gasteiger partial charge in [0.05, 0.1) is 18.7 Å². The van der Waals surface area contributed by atoms with Gasteiger partial charge in [0.25, 0.3) is 5.91 Å². The van der Waals surface area contributed by atoms with Crippen LogP contribution in [0.15, 0.2) is 84.9 Å². The summed E-state index contributed by atoms with van der Waals surface area (Å²) < 4.78 is 0. The Balaban J connectivity index is 1.60. The largest absolute Gasteiger partial charge is 0.375 e. The summed E-state index contributed by atoms with van der Waals surface area (Å²) in [4.78, 5) is 27.4. The van der Waals surface area contributed by atoms with Crippen molar-refractivity contribution in [2.75, 3.05) is 4.90 Å². The van der Waals surface area contributed by atoms with Crippen LogP contribution < -0.4 is 4.90 Å². The maximum absolute atomic E-state index is 13.2. The summed E-state index contributed by atoms with van der Waals surface area (Å²) in [6.45, 7) is 0.257. The number of hydrogen-bond donors (Lipinski definition) is 1. The number of hydrogen-bond acceptors (Lipinski definition) is 3. The van der Waals surface area contributed by atoms with Crippen LogP contribution in [-0.2, 0) is 21.7 Å². The molecule has 1 aliphatic heterocycles. The first-order chi connectivity index (χ1) is 14.5. The summed E-state index contributed by atoms with van der Waals surface area (Å²) in [5.74, 6) is -0.834. The van der Waals surface area contributed by atoms with E-state index >= 15 is 0 Å². The molecular weight excluding hydrogens is 398 g/mol. The summed E-state index contributed by atoms with van der Waals surface area (Å²) in [5.41, 5.74) is 0.861. The van der Waals surface area contributed by atoms with Crippen LogP contribution in [0, 0.1) is 0 Å². The third-order valence-electron chi connectivity index (χ3n) is 5.16. The number of anilines is 1. The summed E-state index contributed by atoms with van der Waals surface area (Å²) >= 11 is 6.07. The number of rotatable bonds is 6. The van der Waals surface area contributed by atoms with Crippen molar-refractivity contribution in [3.63, 3.8) is 0 Å². The van der Waals surface area contributed by atoms with Gasteiger partial charge in [-0.1, -0.05) is 78.3 Å². The molecule has 3 aromatic rings. The van der Waals surface area contributed by atoms with Gasteiger partial charge >= 0.3 is 0 Å². The molecule has 4 rings (SSSR count). The highest BCUT2D eigenvalue weighted by atomic mass is 35.5. The Morgan fingerprint density at radius 2 is 1.73 bits per heavy atom. The molecular formula is C25H20ClNO3. The number of carbonyl (C=O) groups excluding carboxylic acids is 2. The fourth-order valence-corrected chi connectivity index (χ4v) is 3.93. The second-order valence-electron chi connectivity index (χ2n) is 7.29. The molecule has 0 bridgehead atoms. The molecule has 0 aromatic heterocycles. The molecule has 0 saturated heterocycles. The second kappa shape index (κ2) is 8.27. The van der Waals surface area contributed by atoms with Gasteiger partial charge in [0.15, 0.2) is 11.4 Å². The molecule has 4 nitrogen and oxygen atoms in total. The van der Waals surface area contributed by atoms with Crippen molar-refractivity contribution in [2.24, 2.45) is 0 Å². The minimum absolute atomic E-state index is 0.257. The number of amides is 1. The van der Waals surface area contributed by atoms with Crippen LogP contribution in [0.3, 0.4) is 0 Å². The molecule has 0 aliphatic carbocycles. The zero-order chi connectivity index (χ0) is 21.1. The predicted molar refractivity (Wildman–Crippen MR) is 118 cm³/mol. The topological polar surface area (TPSA) is 57.6 Å². The second-order valence-corrected chi connectivity index (χ2v) is 7.72. The van der Waals surface area contributed by atoms with Gasteiger partial charge in [0.1, 0.15) is 0 Å². The predicted octanol–water partition coefficient (Wildman–Crippen LogP) is 4.75. The highest BCUT2D eigenvalue weighted by Gasteiger charge is 2.50. The van der Waals surface area contributed by atoms with E-state index in [0.29, 0.717) is 16.3 Å². The maximum atomic E-state index is 13.2. The van der Waals surface area contributed by atoms with E-state index in [9.17, 15) is 14.7 Å². The standard InChI is InChI=1S/C25H20ClNO3/c26-20-10-6-9-19(15-20)17-27-23-12-5-4-11-22(23)25(30,24(27)29)16-21(28)14-13-18-7-2-1-3-8-18/h1-15,30H,16-17H2/b14-13+/t25-/m0/s1. The lowest BCUT2D eigenvalue weighted by molar-refractivity contribution is -0.140. The SMILES string of the molecule is O=C(/C=C/c1ccccc1)C[C@@]1(O)C(=O)N(Cc2cccc(Cl)c2)c2ccccc21. The Labute approximate surface area is 180 Å². The maximum Gasteiger partial charge on any atom is 0.264 e. The van der Waals surface area contributed by atoms with Gasteiger partial charge in [-0.2, -0.15) is 0 Å². The van der Waals surface area contributed by atoms with Crippen LogP contribution in [0.4, 0.5) is 5.69 Å². The number of carbonyl (C=O) groups is 2. The Bertz CT molecular complexity index is 1130. The molecule has 1 atom stereocenters. The van der Waals surface area contributed by atoms with Crippen LogP contribution in [-0.4, -0.2) is 16.8 Å². The number of halogens is 1. The quantitative estimate of drug-likeness (QED) is 0.589. The first-order valence-corrected chi connectivity index (χ1v) is 9.99. The molecule has 0 unspecified atom stereocenters. The van der Waals surface area contributed by atoms with Crippen molar-refractivity contribution < 1.29 is 14.7 Å². The van der Waals surface area contributed by atoms with Crippen LogP contribution in [0.25, 0.3) is 6.08 Å². The van der Waals surface area contributed by atoms with Gasteiger partial charge < -0.3 is 10.0 Å². The highest BCUT2D eigenvalue weighted by molar-refractivity contribution is 6.30. The summed E-state index contributed by atoms with van der Waals surface area (Å²) in [5, 5.41) is 11.9. The lowest BCUT2D eigenvalue weighted by Gasteiger charge is -2.22. The monoisotopic (exact) mass is 417 g/mol. The average Bonchev–Trinajstić information content (AvgIpc) is 2.95. The van der Waals surface area contributed by atoms with Crippen LogP contribution >= 0.6 is 11.6 Å². The van der Waals surface area contributed by atoms with Gasteiger partial charge in [-0.25, -0.2) is 0 Å². The molecule has 0 fully saturated rings. The number of benzene rings is 3. The van der Waals surface area contributed by atoms with E-state index in [4.69, 9.17) is 11.6 Å². The lowest BCUT2D eigenvalue weighted by Crippen LogP contribution is -2.41. The number of fused-ring (bicyclic) bond motifs is 1. The fourth-order valence-electron chi connectivity index (χ4n) is 3.72. The Morgan fingerprint density at radius 3 is 2.50 bits per heavy atom. The van der Waals surface area contributed by atoms with Gasteiger partial charge in [-0.15, -0.1) is 0 Å². The number of allylic oxidation sites excluding steroid dienone is 1. The smallest absolute Gasteiger partial charge is 0.264 e. The van der Waals surface area contributed by atoms with Crippen molar-refractivity contribution in [3.8, 4) is 0 Å². The lowest BCUT2D eigenvalue weighted by atomic mass is 9.89. The Hall–Kier alpha value is -3.21. The van der Waals surface area contributed by atoms with Crippen molar-refractivity contribution in [2.45, 2.75) is 18.6 Å². The van der Waals surface area contributed by atoms with Gasteiger partial charge in [-0.3, -0.25) is 9.59 Å². The third kappa shape index (κ3) is 3.92. The van der Waals surface area contributed by atoms with Crippen LogP contribution in [0.1, 0.15) is 23.1 Å². The van der Waals surface area contributed by atoms with E-state index in [1.54, 1.807) is 42.5 Å². The highest BCUT2D eigenvalue weighted by Crippen LogP contribution is 2.43. The molecule has 0 saturated carbocycles. The van der Waals surface area contributed by atoms with Gasteiger partial charge in [-0.05, 0) is 35.4 Å². The molecule has 1 amide bonds. The Morgan fingerprint density at radius 1 is 1.00 bits per heavy atom. The van der Waals surface area contributed by atoms with E-state index in [0.717, 1.165) is 11.1 Å². The first-order valence-electron chi connectivity index (χ1n) is 9.62. The first kappa shape index (κ1) is 20.1. The minimum atomic E-state index is -1.90. The molecule has 1 heterocycles. The minimum Gasteiger partial charge on any atom is -0.375 e. The molecule has 1 aliphatic rings. The molecule has 0 radical (unpaired) electrons. The Kier molecular flexibility index (Phi) is 5.53. The van der Waals surface area contributed by atoms with E-state index in [-0.39, 0.29) is 18.7 Å². The molecule has 0 spiro atoms. The van der Waals surface area contributed by atoms with Crippen LogP contribution in [0.5, 0.6) is 0 Å². The molecule has 3 aromatic carbocycles. The summed E-state index contributed by atoms with van der Waals surface area (Å²) in [6, 6.07) is 23.7. The number of nitrogens with zero attached hydrogens (tertiary/aromatic N) is 1. The van der Waals surface area contributed by atoms with Gasteiger partial charge in [0, 0.05) is 10.6 Å². The van der Waals surface area contributed by atoms with Crippen LogP contribution in [0.2, 0.25) is 5.02 Å². The van der Waals surface area contributed by atoms with Crippen molar-refractivity contribution in [1.82, 2.24) is 0 Å². The normalized spacial score (nSPS) is 18.1. The fraction of sp³-hybridized carbons (Fsp3) is 0.120. The van der Waals surface area contributed by atoms with E-state index in [2.05, 4.69) is 0 Å². The van der Waals surface area contributed by atoms with Crippen molar-refractivity contribution in [1.29, 1.82) is 0 Å². The molecule has 150 valence electrons. The molecule has 5 heteroatoms. The zero-order valence-electron chi connectivity index (χ0n) is 16.2. The zero-order valence-corrected chi connectivity index (χ0v) is 16.9. The van der Waals surface area contributed by atoms with E-state index in [1.807, 2.05) is 42.5 Å². The number of ketones is 1. The number of para-hydroxylation sites is 1. The molecule has 1 N–H and O–H groups in total. The van der Waals surface area contributed by atoms with Crippen molar-refractivity contribution >= 4 is 35.1 Å². The molecule has 30 heavy (non-hydrogen) atoms. The summed E-state index contributed by atoms with van der Waals surface area (Å²) in [7, 11) is 0. The van der Waals surface area contributed by atoms with E-state index in [1.165, 1.54) is 11.0 Å².